The molecular weight excluding hydrogens is 324 g/mol. The van der Waals surface area contributed by atoms with Gasteiger partial charge in [0.1, 0.15) is 5.76 Å². The molecule has 4 nitrogen and oxygen atoms in total. The number of carbonyl (C=O) groups excluding carboxylic acids is 1. The van der Waals surface area contributed by atoms with Gasteiger partial charge in [0.15, 0.2) is 0 Å². The van der Waals surface area contributed by atoms with Crippen molar-refractivity contribution in [3.63, 3.8) is 0 Å². The molecule has 26 heavy (non-hydrogen) atoms. The molecule has 0 radical (unpaired) electrons. The van der Waals surface area contributed by atoms with Gasteiger partial charge in [-0.3, -0.25) is 0 Å². The molecule has 0 saturated carbocycles. The molecule has 1 aliphatic rings. The van der Waals surface area contributed by atoms with Gasteiger partial charge in [0, 0.05) is 6.08 Å². The smallest absolute Gasteiger partial charge is 0.335 e. The molecule has 1 aliphatic carbocycles. The third-order valence-electron chi connectivity index (χ3n) is 3.32. The maximum atomic E-state index is 11.3. The van der Waals surface area contributed by atoms with Crippen molar-refractivity contribution in [2.75, 3.05) is 0 Å². The van der Waals surface area contributed by atoms with E-state index in [4.69, 9.17) is 4.74 Å². The van der Waals surface area contributed by atoms with E-state index >= 15 is 0 Å². The standard InChI is InChI=1S/C22H24N2O2/c1-5-18(4)12-13-19(6-2)16-23-24-17-20-10-8-9-11-21(15-14-20)26-22(25)7-3/h6-17H,2-3,5H2,1,4H3/b9-8?,10-8-,11-9-,15-14?,18-12+,19-13+,20-10?,20-14+,21-11?,21-15+,23-16+,24-17+. The Bertz CT molecular complexity index is 770. The Balaban J connectivity index is 2.81. The predicted octanol–water partition coefficient (Wildman–Crippen LogP) is 5.18. The number of carbonyl (C=O) groups is 1. The lowest BCUT2D eigenvalue weighted by molar-refractivity contribution is -0.133. The molecule has 0 heterocycles. The zero-order valence-electron chi connectivity index (χ0n) is 15.3. The van der Waals surface area contributed by atoms with Crippen LogP contribution in [0, 0.1) is 0 Å². The number of ether oxygens (including phenoxy) is 1. The fourth-order valence-corrected chi connectivity index (χ4v) is 1.64. The Labute approximate surface area is 155 Å². The molecule has 0 amide bonds. The van der Waals surface area contributed by atoms with Gasteiger partial charge in [0.25, 0.3) is 0 Å². The fraction of sp³-hybridized carbons (Fsp3) is 0.136. The molecule has 0 aromatic rings. The van der Waals surface area contributed by atoms with Crippen LogP contribution in [0.5, 0.6) is 0 Å². The van der Waals surface area contributed by atoms with E-state index in [9.17, 15) is 4.79 Å². The molecule has 0 aliphatic heterocycles. The summed E-state index contributed by atoms with van der Waals surface area (Å²) in [4.78, 5) is 11.3. The lowest BCUT2D eigenvalue weighted by atomic mass is 10.2. The summed E-state index contributed by atoms with van der Waals surface area (Å²) in [5, 5.41) is 8.08. The van der Waals surface area contributed by atoms with Crippen molar-refractivity contribution in [3.05, 3.63) is 96.4 Å². The molecule has 0 saturated heterocycles. The third-order valence-corrected chi connectivity index (χ3v) is 3.32. The van der Waals surface area contributed by atoms with Crippen LogP contribution < -0.4 is 0 Å². The quantitative estimate of drug-likeness (QED) is 0.200. The molecule has 0 fully saturated rings. The number of allylic oxidation sites excluding steroid dienone is 12. The van der Waals surface area contributed by atoms with E-state index in [1.807, 2.05) is 24.3 Å². The van der Waals surface area contributed by atoms with Crippen LogP contribution in [0.2, 0.25) is 0 Å². The van der Waals surface area contributed by atoms with Crippen molar-refractivity contribution in [1.82, 2.24) is 0 Å². The second-order valence-electron chi connectivity index (χ2n) is 5.31. The lowest BCUT2D eigenvalue weighted by Gasteiger charge is -2.02. The fourth-order valence-electron chi connectivity index (χ4n) is 1.64. The van der Waals surface area contributed by atoms with Crippen LogP contribution in [-0.4, -0.2) is 18.4 Å². The van der Waals surface area contributed by atoms with E-state index in [0.29, 0.717) is 5.76 Å². The minimum absolute atomic E-state index is 0.420. The minimum Gasteiger partial charge on any atom is -0.423 e. The average Bonchev–Trinajstić information content (AvgIpc) is 2.64. The highest BCUT2D eigenvalue weighted by atomic mass is 16.5. The summed E-state index contributed by atoms with van der Waals surface area (Å²) in [7, 11) is 0. The van der Waals surface area contributed by atoms with Crippen LogP contribution in [0.15, 0.2) is 107 Å². The summed E-state index contributed by atoms with van der Waals surface area (Å²) in [6.07, 6.45) is 21.7. The van der Waals surface area contributed by atoms with Crippen molar-refractivity contribution in [2.24, 2.45) is 10.2 Å². The molecule has 0 atom stereocenters. The average molecular weight is 348 g/mol. The Morgan fingerprint density at radius 3 is 2.58 bits per heavy atom. The zero-order chi connectivity index (χ0) is 19.2. The van der Waals surface area contributed by atoms with Gasteiger partial charge >= 0.3 is 5.97 Å². The Morgan fingerprint density at radius 2 is 1.88 bits per heavy atom. The first kappa shape index (κ1) is 20.8. The first-order valence-electron chi connectivity index (χ1n) is 8.26. The van der Waals surface area contributed by atoms with E-state index in [-0.39, 0.29) is 0 Å². The second kappa shape index (κ2) is 12.1. The van der Waals surface area contributed by atoms with Crippen LogP contribution in [0.1, 0.15) is 20.3 Å². The van der Waals surface area contributed by atoms with Crippen molar-refractivity contribution < 1.29 is 9.53 Å². The maximum absolute atomic E-state index is 11.3. The van der Waals surface area contributed by atoms with Crippen LogP contribution in [-0.2, 0) is 9.53 Å². The Morgan fingerprint density at radius 1 is 1.12 bits per heavy atom. The van der Waals surface area contributed by atoms with Crippen LogP contribution in [0.25, 0.3) is 0 Å². The SMILES string of the molecule is C=CC(=O)OC1=C/C=C(/C=N/N=C/C(C=C)=C/C=C(\C)CC)\C=C/C=C\1. The van der Waals surface area contributed by atoms with E-state index in [2.05, 4.69) is 37.2 Å². The highest BCUT2D eigenvalue weighted by Crippen LogP contribution is 2.07. The summed E-state index contributed by atoms with van der Waals surface area (Å²) in [5.74, 6) is -0.0848. The summed E-state index contributed by atoms with van der Waals surface area (Å²) < 4.78 is 5.09. The summed E-state index contributed by atoms with van der Waals surface area (Å²) in [5.41, 5.74) is 2.96. The van der Waals surface area contributed by atoms with E-state index < -0.39 is 5.97 Å². The third kappa shape index (κ3) is 8.55. The summed E-state index contributed by atoms with van der Waals surface area (Å²) in [6, 6.07) is 0. The summed E-state index contributed by atoms with van der Waals surface area (Å²) >= 11 is 0. The maximum Gasteiger partial charge on any atom is 0.335 e. The predicted molar refractivity (Wildman–Crippen MR) is 110 cm³/mol. The number of hydrogen-bond acceptors (Lipinski definition) is 4. The minimum atomic E-state index is -0.505. The van der Waals surface area contributed by atoms with Crippen LogP contribution in [0.4, 0.5) is 0 Å². The number of nitrogens with zero attached hydrogens (tertiary/aromatic N) is 2. The van der Waals surface area contributed by atoms with E-state index in [1.54, 1.807) is 42.8 Å². The molecule has 0 spiro atoms. The zero-order valence-corrected chi connectivity index (χ0v) is 15.3. The van der Waals surface area contributed by atoms with Gasteiger partial charge in [-0.15, -0.1) is 0 Å². The first-order chi connectivity index (χ1) is 12.6. The van der Waals surface area contributed by atoms with E-state index in [0.717, 1.165) is 23.6 Å². The van der Waals surface area contributed by atoms with Crippen molar-refractivity contribution in [2.45, 2.75) is 20.3 Å². The highest BCUT2D eigenvalue weighted by Gasteiger charge is 1.99. The monoisotopic (exact) mass is 348 g/mol. The van der Waals surface area contributed by atoms with Crippen LogP contribution >= 0.6 is 0 Å². The molecular formula is C22H24N2O2. The van der Waals surface area contributed by atoms with Crippen LogP contribution in [0.3, 0.4) is 0 Å². The van der Waals surface area contributed by atoms with Crippen molar-refractivity contribution >= 4 is 18.4 Å². The number of rotatable bonds is 8. The van der Waals surface area contributed by atoms with Gasteiger partial charge in [-0.05, 0) is 42.7 Å². The molecule has 0 unspecified atom stereocenters. The Kier molecular flexibility index (Phi) is 9.70. The molecule has 1 rings (SSSR count). The Hall–Kier alpha value is -3.27. The molecule has 0 N–H and O–H groups in total. The van der Waals surface area contributed by atoms with Gasteiger partial charge < -0.3 is 4.74 Å². The van der Waals surface area contributed by atoms with Gasteiger partial charge in [0.2, 0.25) is 0 Å². The highest BCUT2D eigenvalue weighted by molar-refractivity contribution is 5.86. The molecule has 4 heteroatoms. The topological polar surface area (TPSA) is 51.0 Å². The normalized spacial score (nSPS) is 21.9. The lowest BCUT2D eigenvalue weighted by Crippen LogP contribution is -1.98. The van der Waals surface area contributed by atoms with Gasteiger partial charge in [-0.25, -0.2) is 4.79 Å². The molecule has 0 bridgehead atoms. The van der Waals surface area contributed by atoms with E-state index in [1.165, 1.54) is 5.57 Å². The molecule has 0 aromatic heterocycles. The number of esters is 1. The number of hydrogen-bond donors (Lipinski definition) is 0. The van der Waals surface area contributed by atoms with Gasteiger partial charge in [-0.2, -0.15) is 10.2 Å². The van der Waals surface area contributed by atoms with Crippen molar-refractivity contribution in [3.8, 4) is 0 Å². The van der Waals surface area contributed by atoms with Gasteiger partial charge in [0.05, 0.1) is 12.4 Å². The first-order valence-corrected chi connectivity index (χ1v) is 8.26. The second-order valence-corrected chi connectivity index (χ2v) is 5.31. The van der Waals surface area contributed by atoms with Crippen molar-refractivity contribution in [1.29, 1.82) is 0 Å². The van der Waals surface area contributed by atoms with Gasteiger partial charge in [-0.1, -0.05) is 62.1 Å². The largest absolute Gasteiger partial charge is 0.423 e. The molecule has 134 valence electrons. The molecule has 0 aromatic carbocycles. The summed E-state index contributed by atoms with van der Waals surface area (Å²) in [6.45, 7) is 11.3.